The molecule has 2 nitrogen and oxygen atoms in total. The maximum absolute atomic E-state index is 11.0. The first kappa shape index (κ1) is 15.5. The van der Waals surface area contributed by atoms with Crippen LogP contribution in [0.5, 0.6) is 0 Å². The number of piperidine rings is 1. The third-order valence-electron chi connectivity index (χ3n) is 8.25. The van der Waals surface area contributed by atoms with E-state index >= 15 is 0 Å². The molecule has 0 aromatic rings. The molecule has 22 heavy (non-hydrogen) atoms. The van der Waals surface area contributed by atoms with Gasteiger partial charge < -0.3 is 10.4 Å². The largest absolute Gasteiger partial charge is 0.393 e. The van der Waals surface area contributed by atoms with Gasteiger partial charge in [-0.1, -0.05) is 32.0 Å². The van der Waals surface area contributed by atoms with Gasteiger partial charge >= 0.3 is 0 Å². The highest BCUT2D eigenvalue weighted by Crippen LogP contribution is 2.63. The predicted octanol–water partition coefficient (Wildman–Crippen LogP) is 2.62. The van der Waals surface area contributed by atoms with Crippen molar-refractivity contribution in [2.45, 2.75) is 82.8 Å². The van der Waals surface area contributed by atoms with Gasteiger partial charge in [-0.15, -0.1) is 0 Å². The molecule has 124 valence electrons. The van der Waals surface area contributed by atoms with Crippen molar-refractivity contribution in [3.8, 4) is 0 Å². The van der Waals surface area contributed by atoms with Crippen LogP contribution in [0.2, 0.25) is 5.31 Å². The topological polar surface area (TPSA) is 32.3 Å². The fourth-order valence-electron chi connectivity index (χ4n) is 7.19. The van der Waals surface area contributed by atoms with E-state index in [-0.39, 0.29) is 6.10 Å². The fourth-order valence-corrected chi connectivity index (χ4v) is 7.19. The Morgan fingerprint density at radius 3 is 2.59 bits per heavy atom. The van der Waals surface area contributed by atoms with E-state index in [2.05, 4.69) is 33.9 Å². The highest BCUT2D eigenvalue weighted by atomic mass is 16.3. The number of rotatable bonds is 0. The summed E-state index contributed by atoms with van der Waals surface area (Å²) in [7, 11) is 2.45. The van der Waals surface area contributed by atoms with Gasteiger partial charge in [0.2, 0.25) is 0 Å². The van der Waals surface area contributed by atoms with Crippen molar-refractivity contribution in [3.05, 3.63) is 0 Å². The van der Waals surface area contributed by atoms with Gasteiger partial charge in [0, 0.05) is 12.1 Å². The van der Waals surface area contributed by atoms with Gasteiger partial charge in [0.25, 0.3) is 0 Å². The lowest BCUT2D eigenvalue weighted by molar-refractivity contribution is -0.106. The third kappa shape index (κ3) is 2.22. The van der Waals surface area contributed by atoms with Crippen molar-refractivity contribution in [2.24, 2.45) is 35.5 Å². The minimum Gasteiger partial charge on any atom is -0.393 e. The van der Waals surface area contributed by atoms with Crippen LogP contribution in [-0.4, -0.2) is 31.1 Å². The first-order chi connectivity index (χ1) is 10.4. The van der Waals surface area contributed by atoms with Gasteiger partial charge in [0.1, 0.15) is 7.85 Å². The van der Waals surface area contributed by atoms with E-state index in [0.717, 1.165) is 36.0 Å². The Bertz CT molecular complexity index is 439. The lowest BCUT2D eigenvalue weighted by Crippen LogP contribution is -2.61. The molecule has 0 amide bonds. The smallest absolute Gasteiger partial charge is 0.109 e. The zero-order valence-corrected chi connectivity index (χ0v) is 14.9. The number of fused-ring (bicyclic) bond motifs is 5. The third-order valence-corrected chi connectivity index (χ3v) is 8.25. The van der Waals surface area contributed by atoms with Crippen LogP contribution >= 0.6 is 0 Å². The lowest BCUT2D eigenvalue weighted by atomic mass is 9.49. The van der Waals surface area contributed by atoms with Crippen LogP contribution in [0, 0.1) is 35.5 Å². The highest BCUT2D eigenvalue weighted by molar-refractivity contribution is 6.15. The van der Waals surface area contributed by atoms with Crippen LogP contribution in [0.25, 0.3) is 0 Å². The summed E-state index contributed by atoms with van der Waals surface area (Å²) < 4.78 is 0. The van der Waals surface area contributed by atoms with Gasteiger partial charge in [-0.2, -0.15) is 0 Å². The Morgan fingerprint density at radius 2 is 1.82 bits per heavy atom. The van der Waals surface area contributed by atoms with Crippen molar-refractivity contribution in [1.82, 2.24) is 5.32 Å². The van der Waals surface area contributed by atoms with E-state index in [4.69, 9.17) is 0 Å². The fraction of sp³-hybridized carbons (Fsp3) is 1.00. The minimum atomic E-state index is -0.0427. The molecule has 7 unspecified atom stereocenters. The van der Waals surface area contributed by atoms with Crippen LogP contribution in [0.4, 0.5) is 0 Å². The van der Waals surface area contributed by atoms with Gasteiger partial charge in [0.05, 0.1) is 6.10 Å². The van der Waals surface area contributed by atoms with Gasteiger partial charge in [-0.3, -0.25) is 0 Å². The number of hydrogen-bond donors (Lipinski definition) is 2. The van der Waals surface area contributed by atoms with Crippen molar-refractivity contribution in [3.63, 3.8) is 0 Å². The number of aliphatic hydroxyl groups is 1. The van der Waals surface area contributed by atoms with E-state index in [1.165, 1.54) is 32.1 Å². The molecule has 0 bridgehead atoms. The van der Waals surface area contributed by atoms with Crippen molar-refractivity contribution < 1.29 is 5.11 Å². The Labute approximate surface area is 137 Å². The summed E-state index contributed by atoms with van der Waals surface area (Å²) in [5, 5.41) is 15.4. The van der Waals surface area contributed by atoms with Gasteiger partial charge in [-0.25, -0.2) is 0 Å². The first-order valence-corrected chi connectivity index (χ1v) is 9.82. The number of aliphatic hydroxyl groups excluding tert-OH is 1. The molecule has 3 aliphatic carbocycles. The van der Waals surface area contributed by atoms with E-state index in [1.807, 2.05) is 0 Å². The molecule has 4 rings (SSSR count). The van der Waals surface area contributed by atoms with E-state index in [9.17, 15) is 5.11 Å². The van der Waals surface area contributed by atoms with E-state index in [1.54, 1.807) is 0 Å². The van der Waals surface area contributed by atoms with Crippen LogP contribution in [0.1, 0.15) is 59.3 Å². The maximum atomic E-state index is 11.0. The SMILES string of the molecule is BC1(C)CCC2C3CC(C)C4N[C@H](C)CC[C@@H]4C3C(O)C[C@@H]21. The standard InChI is InChI=1S/C19H34BNO/c1-10-8-14-12-6-7-19(3,20)15(12)9-16(22)17(14)13-5-4-11(2)21-18(10)13/h10-18,21-22H,4-9,20H2,1-3H3/t10?,11-,12?,13-,14?,15+,16?,17?,18?,19?/m1/s1. The number of nitrogens with one attached hydrogen (secondary N) is 1. The summed E-state index contributed by atoms with van der Waals surface area (Å²) >= 11 is 0. The lowest BCUT2D eigenvalue weighted by Gasteiger charge is -2.57. The molecule has 4 aliphatic rings. The number of hydrogen-bond acceptors (Lipinski definition) is 2. The highest BCUT2D eigenvalue weighted by Gasteiger charge is 2.57. The summed E-state index contributed by atoms with van der Waals surface area (Å²) in [4.78, 5) is 0. The summed E-state index contributed by atoms with van der Waals surface area (Å²) in [5.74, 6) is 4.54. The van der Waals surface area contributed by atoms with Crippen LogP contribution in [0.3, 0.4) is 0 Å². The molecular weight excluding hydrogens is 269 g/mol. The molecule has 0 aromatic carbocycles. The second-order valence-corrected chi connectivity index (χ2v) is 9.89. The molecule has 0 radical (unpaired) electrons. The Morgan fingerprint density at radius 1 is 1.05 bits per heavy atom. The molecule has 1 saturated heterocycles. The zero-order chi connectivity index (χ0) is 15.6. The molecule has 4 fully saturated rings. The average molecular weight is 303 g/mol. The van der Waals surface area contributed by atoms with E-state index in [0.29, 0.717) is 23.3 Å². The maximum Gasteiger partial charge on any atom is 0.109 e. The van der Waals surface area contributed by atoms with Crippen LogP contribution < -0.4 is 5.32 Å². The Kier molecular flexibility index (Phi) is 3.70. The molecule has 1 heterocycles. The molecule has 3 saturated carbocycles. The monoisotopic (exact) mass is 303 g/mol. The first-order valence-electron chi connectivity index (χ1n) is 9.82. The minimum absolute atomic E-state index is 0.0427. The molecule has 10 atom stereocenters. The second kappa shape index (κ2) is 5.24. The summed E-state index contributed by atoms with van der Waals surface area (Å²) in [5.41, 5.74) is 0. The Balaban J connectivity index is 1.63. The second-order valence-electron chi connectivity index (χ2n) is 9.89. The van der Waals surface area contributed by atoms with Crippen molar-refractivity contribution in [1.29, 1.82) is 0 Å². The summed E-state index contributed by atoms with van der Waals surface area (Å²) in [6, 6.07) is 1.32. The average Bonchev–Trinajstić information content (AvgIpc) is 2.75. The van der Waals surface area contributed by atoms with E-state index < -0.39 is 0 Å². The summed E-state index contributed by atoms with van der Waals surface area (Å²) in [6.07, 6.45) is 7.80. The molecule has 2 N–H and O–H groups in total. The molecule has 3 heteroatoms. The van der Waals surface area contributed by atoms with Crippen LogP contribution in [-0.2, 0) is 0 Å². The summed E-state index contributed by atoms with van der Waals surface area (Å²) in [6.45, 7) is 7.25. The zero-order valence-electron chi connectivity index (χ0n) is 14.9. The Hall–Kier alpha value is -0.0151. The molecule has 1 aliphatic heterocycles. The molecular formula is C19H34BNO. The van der Waals surface area contributed by atoms with Gasteiger partial charge in [0.15, 0.2) is 0 Å². The van der Waals surface area contributed by atoms with Gasteiger partial charge in [-0.05, 0) is 68.1 Å². The molecule has 0 aromatic heterocycles. The molecule has 0 spiro atoms. The van der Waals surface area contributed by atoms with Crippen molar-refractivity contribution >= 4 is 7.85 Å². The van der Waals surface area contributed by atoms with Crippen molar-refractivity contribution in [2.75, 3.05) is 0 Å². The quantitative estimate of drug-likeness (QED) is 0.674. The predicted molar refractivity (Wildman–Crippen MR) is 93.6 cm³/mol. The normalized spacial score (nSPS) is 61.2. The van der Waals surface area contributed by atoms with Crippen LogP contribution in [0.15, 0.2) is 0 Å².